The Bertz CT molecular complexity index is 1430. The van der Waals surface area contributed by atoms with Crippen LogP contribution in [-0.4, -0.2) is 79.5 Å². The predicted octanol–water partition coefficient (Wildman–Crippen LogP) is 1.29. The van der Waals surface area contributed by atoms with Gasteiger partial charge in [0.15, 0.2) is 0 Å². The molecule has 3 N–H and O–H groups in total. The van der Waals surface area contributed by atoms with Gasteiger partial charge in [-0.25, -0.2) is 4.79 Å². The third kappa shape index (κ3) is 6.99. The van der Waals surface area contributed by atoms with Crippen molar-refractivity contribution in [2.75, 3.05) is 6.54 Å². The van der Waals surface area contributed by atoms with Crippen LogP contribution >= 0.6 is 0 Å². The SMILES string of the molecule is CC(C)[C@H](NC(=O)Cn1c(=O)n(CC(=O)O)c2ccccc21)C(=O)N1CCC[C@H]1C(=O)N[C@H](C(=O)C(F)(F)F)C(C)C. The molecule has 1 aromatic heterocycles. The van der Waals surface area contributed by atoms with Gasteiger partial charge in [0.25, 0.3) is 5.78 Å². The number of ketones is 1. The van der Waals surface area contributed by atoms with Crippen LogP contribution in [0.5, 0.6) is 0 Å². The highest BCUT2D eigenvalue weighted by molar-refractivity contribution is 5.96. The van der Waals surface area contributed by atoms with E-state index in [1.165, 1.54) is 18.7 Å². The molecule has 1 aliphatic heterocycles. The number of aromatic nitrogens is 2. The number of hydrogen-bond acceptors (Lipinski definition) is 6. The highest BCUT2D eigenvalue weighted by atomic mass is 19.4. The third-order valence-electron chi connectivity index (χ3n) is 7.13. The number of nitrogens with zero attached hydrogens (tertiary/aromatic N) is 3. The molecule has 1 aliphatic rings. The molecular formula is C27H34F3N5O7. The van der Waals surface area contributed by atoms with Crippen LogP contribution in [0.4, 0.5) is 13.2 Å². The molecule has 1 saturated heterocycles. The van der Waals surface area contributed by atoms with Crippen molar-refractivity contribution >= 4 is 40.5 Å². The topological polar surface area (TPSA) is 160 Å². The summed E-state index contributed by atoms with van der Waals surface area (Å²) in [4.78, 5) is 76.9. The van der Waals surface area contributed by atoms with Gasteiger partial charge in [-0.05, 0) is 36.8 Å². The molecule has 0 radical (unpaired) electrons. The van der Waals surface area contributed by atoms with Gasteiger partial charge in [-0.1, -0.05) is 39.8 Å². The van der Waals surface area contributed by atoms with Crippen molar-refractivity contribution in [3.8, 4) is 0 Å². The Balaban J connectivity index is 1.79. The Morgan fingerprint density at radius 1 is 0.929 bits per heavy atom. The Hall–Kier alpha value is -4.17. The van der Waals surface area contributed by atoms with E-state index in [2.05, 4.69) is 10.6 Å². The van der Waals surface area contributed by atoms with Crippen molar-refractivity contribution in [3.05, 3.63) is 34.7 Å². The van der Waals surface area contributed by atoms with Gasteiger partial charge >= 0.3 is 17.8 Å². The van der Waals surface area contributed by atoms with Gasteiger partial charge in [0, 0.05) is 6.54 Å². The van der Waals surface area contributed by atoms with Gasteiger partial charge in [0.2, 0.25) is 17.7 Å². The third-order valence-corrected chi connectivity index (χ3v) is 7.13. The summed E-state index contributed by atoms with van der Waals surface area (Å²) in [6.07, 6.45) is -4.62. The number of carbonyl (C=O) groups excluding carboxylic acids is 4. The largest absolute Gasteiger partial charge is 0.480 e. The number of benzene rings is 1. The second-order valence-corrected chi connectivity index (χ2v) is 10.9. The van der Waals surface area contributed by atoms with E-state index in [4.69, 9.17) is 0 Å². The zero-order chi connectivity index (χ0) is 31.5. The fourth-order valence-corrected chi connectivity index (χ4v) is 5.03. The fourth-order valence-electron chi connectivity index (χ4n) is 5.03. The molecule has 0 aliphatic carbocycles. The number of para-hydroxylation sites is 2. The van der Waals surface area contributed by atoms with Gasteiger partial charge in [0.1, 0.15) is 25.2 Å². The van der Waals surface area contributed by atoms with Crippen LogP contribution in [0, 0.1) is 11.8 Å². The van der Waals surface area contributed by atoms with Crippen LogP contribution in [0.1, 0.15) is 40.5 Å². The molecule has 230 valence electrons. The highest BCUT2D eigenvalue weighted by Gasteiger charge is 2.46. The van der Waals surface area contributed by atoms with Crippen molar-refractivity contribution in [1.82, 2.24) is 24.7 Å². The van der Waals surface area contributed by atoms with E-state index in [0.717, 1.165) is 9.13 Å². The van der Waals surface area contributed by atoms with Crippen molar-refractivity contribution < 1.29 is 42.3 Å². The lowest BCUT2D eigenvalue weighted by Gasteiger charge is -2.32. The maximum Gasteiger partial charge on any atom is 0.452 e. The fraction of sp³-hybridized carbons (Fsp3) is 0.556. The van der Waals surface area contributed by atoms with Crippen molar-refractivity contribution in [3.63, 3.8) is 0 Å². The number of alkyl halides is 3. The summed E-state index contributed by atoms with van der Waals surface area (Å²) in [7, 11) is 0. The van der Waals surface area contributed by atoms with Crippen LogP contribution < -0.4 is 16.3 Å². The number of amides is 3. The molecule has 3 atom stereocenters. The first-order valence-electron chi connectivity index (χ1n) is 13.5. The average molecular weight is 598 g/mol. The Labute approximate surface area is 238 Å². The van der Waals surface area contributed by atoms with Gasteiger partial charge in [-0.3, -0.25) is 33.1 Å². The Morgan fingerprint density at radius 3 is 1.98 bits per heavy atom. The van der Waals surface area contributed by atoms with Crippen molar-refractivity contribution in [2.24, 2.45) is 11.8 Å². The molecule has 3 amide bonds. The number of imidazole rings is 1. The van der Waals surface area contributed by atoms with Gasteiger partial charge in [-0.15, -0.1) is 0 Å². The second kappa shape index (κ2) is 12.8. The normalized spacial score (nSPS) is 17.0. The molecule has 12 nitrogen and oxygen atoms in total. The number of likely N-dealkylation sites (tertiary alicyclic amines) is 1. The van der Waals surface area contributed by atoms with Gasteiger partial charge in [0.05, 0.1) is 17.1 Å². The summed E-state index contributed by atoms with van der Waals surface area (Å²) in [6.45, 7) is 4.98. The number of carboxylic acids is 1. The summed E-state index contributed by atoms with van der Waals surface area (Å²) in [6, 6.07) is 2.21. The van der Waals surface area contributed by atoms with Crippen LogP contribution in [-0.2, 0) is 37.1 Å². The van der Waals surface area contributed by atoms with E-state index in [1.54, 1.807) is 38.1 Å². The van der Waals surface area contributed by atoms with E-state index < -0.39 is 84.4 Å². The zero-order valence-electron chi connectivity index (χ0n) is 23.6. The predicted molar refractivity (Wildman–Crippen MR) is 143 cm³/mol. The van der Waals surface area contributed by atoms with E-state index in [-0.39, 0.29) is 13.0 Å². The molecule has 1 aromatic carbocycles. The van der Waals surface area contributed by atoms with E-state index in [9.17, 15) is 47.0 Å². The summed E-state index contributed by atoms with van der Waals surface area (Å²) < 4.78 is 41.3. The number of Topliss-reactive ketones (excluding diaryl/α,β-unsaturated/α-hetero) is 1. The van der Waals surface area contributed by atoms with Crippen LogP contribution in [0.25, 0.3) is 11.0 Å². The molecular weight excluding hydrogens is 563 g/mol. The quantitative estimate of drug-likeness (QED) is 0.352. The molecule has 0 bridgehead atoms. The van der Waals surface area contributed by atoms with Crippen LogP contribution in [0.15, 0.2) is 29.1 Å². The van der Waals surface area contributed by atoms with E-state index in [1.807, 2.05) is 0 Å². The maximum absolute atomic E-state index is 13.6. The Kier molecular flexibility index (Phi) is 9.84. The number of fused-ring (bicyclic) bond motifs is 1. The number of carbonyl (C=O) groups is 5. The number of halogens is 3. The minimum atomic E-state index is -5.15. The van der Waals surface area contributed by atoms with Crippen molar-refractivity contribution in [1.29, 1.82) is 0 Å². The van der Waals surface area contributed by atoms with Crippen LogP contribution in [0.2, 0.25) is 0 Å². The molecule has 1 fully saturated rings. The molecule has 15 heteroatoms. The molecule has 0 spiro atoms. The minimum Gasteiger partial charge on any atom is -0.480 e. The molecule has 2 heterocycles. The lowest BCUT2D eigenvalue weighted by atomic mass is 9.98. The summed E-state index contributed by atoms with van der Waals surface area (Å²) in [5.41, 5.74) is -0.106. The van der Waals surface area contributed by atoms with Gasteiger partial charge < -0.3 is 20.6 Å². The summed E-state index contributed by atoms with van der Waals surface area (Å²) in [5.74, 6) is -6.94. The smallest absolute Gasteiger partial charge is 0.452 e. The van der Waals surface area contributed by atoms with Crippen LogP contribution in [0.3, 0.4) is 0 Å². The number of rotatable bonds is 11. The van der Waals surface area contributed by atoms with Crippen molar-refractivity contribution in [2.45, 2.75) is 77.9 Å². The summed E-state index contributed by atoms with van der Waals surface area (Å²) >= 11 is 0. The zero-order valence-corrected chi connectivity index (χ0v) is 23.6. The number of carboxylic acid groups (broad SMARTS) is 1. The monoisotopic (exact) mass is 597 g/mol. The standard InChI is InChI=1S/C27H34F3N5O7/c1-14(2)21(23(39)27(28,29)30)32-24(40)18-10-7-11-33(18)25(41)22(15(3)4)31-19(36)12-34-16-8-5-6-9-17(16)35(26(34)42)13-20(37)38/h5-6,8-9,14-15,18,21-22H,7,10-13H2,1-4H3,(H,31,36)(H,32,40)(H,37,38)/t18-,21-,22-/m0/s1. The lowest BCUT2D eigenvalue weighted by Crippen LogP contribution is -2.58. The highest BCUT2D eigenvalue weighted by Crippen LogP contribution is 2.24. The molecule has 0 saturated carbocycles. The second-order valence-electron chi connectivity index (χ2n) is 10.9. The Morgan fingerprint density at radius 2 is 1.48 bits per heavy atom. The van der Waals surface area contributed by atoms with E-state index >= 15 is 0 Å². The first-order valence-corrected chi connectivity index (χ1v) is 13.5. The number of aliphatic carboxylic acids is 1. The summed E-state index contributed by atoms with van der Waals surface area (Å²) in [5, 5.41) is 13.9. The van der Waals surface area contributed by atoms with Gasteiger partial charge in [-0.2, -0.15) is 13.2 Å². The number of nitrogens with one attached hydrogen (secondary N) is 2. The molecule has 0 unspecified atom stereocenters. The lowest BCUT2D eigenvalue weighted by molar-refractivity contribution is -0.175. The molecule has 2 aromatic rings. The molecule has 3 rings (SSSR count). The first-order chi connectivity index (χ1) is 19.5. The number of hydrogen-bond donors (Lipinski definition) is 3. The molecule has 42 heavy (non-hydrogen) atoms. The average Bonchev–Trinajstić information content (AvgIpc) is 3.48. The first kappa shape index (κ1) is 32.3. The maximum atomic E-state index is 13.6. The van der Waals surface area contributed by atoms with E-state index in [0.29, 0.717) is 17.5 Å². The minimum absolute atomic E-state index is 0.109.